The molecule has 172 valence electrons. The van der Waals surface area contributed by atoms with Crippen LogP contribution in [0.5, 0.6) is 5.75 Å². The maximum atomic E-state index is 12.6. The minimum absolute atomic E-state index is 0.106. The first-order chi connectivity index (χ1) is 15.5. The highest BCUT2D eigenvalue weighted by molar-refractivity contribution is 5.78. The Morgan fingerprint density at radius 1 is 1.25 bits per heavy atom. The van der Waals surface area contributed by atoms with Crippen LogP contribution in [-0.4, -0.2) is 58.3 Å². The first-order valence-electron chi connectivity index (χ1n) is 11.1. The number of piperidine rings is 1. The summed E-state index contributed by atoms with van der Waals surface area (Å²) in [7, 11) is 0. The SMILES string of the molecule is CCCOc1cccc(-c2nnc(CCC(=O)N3CCCC(C(=O)OCC)C3)c(=O)[nH]2)c1. The first kappa shape index (κ1) is 23.4. The molecule has 3 rings (SSSR count). The summed E-state index contributed by atoms with van der Waals surface area (Å²) in [6, 6.07) is 7.29. The molecule has 1 unspecified atom stereocenters. The molecule has 0 bridgehead atoms. The molecule has 32 heavy (non-hydrogen) atoms. The Hall–Kier alpha value is -3.23. The third kappa shape index (κ3) is 6.15. The number of carbonyl (C=O) groups excluding carboxylic acids is 2. The van der Waals surface area contributed by atoms with Crippen LogP contribution in [0.2, 0.25) is 0 Å². The molecule has 1 aromatic carbocycles. The number of ether oxygens (including phenoxy) is 2. The minimum atomic E-state index is -0.370. The largest absolute Gasteiger partial charge is 0.494 e. The van der Waals surface area contributed by atoms with Gasteiger partial charge in [0.15, 0.2) is 5.82 Å². The fraction of sp³-hybridized carbons (Fsp3) is 0.522. The number of H-pyrrole nitrogens is 1. The highest BCUT2D eigenvalue weighted by Crippen LogP contribution is 2.21. The van der Waals surface area contributed by atoms with Gasteiger partial charge < -0.3 is 19.4 Å². The zero-order chi connectivity index (χ0) is 22.9. The van der Waals surface area contributed by atoms with Crippen molar-refractivity contribution in [3.63, 3.8) is 0 Å². The van der Waals surface area contributed by atoms with E-state index >= 15 is 0 Å². The van der Waals surface area contributed by atoms with E-state index in [-0.39, 0.29) is 41.9 Å². The van der Waals surface area contributed by atoms with Crippen molar-refractivity contribution in [1.82, 2.24) is 20.1 Å². The number of esters is 1. The molecular formula is C23H30N4O5. The van der Waals surface area contributed by atoms with Crippen molar-refractivity contribution >= 4 is 11.9 Å². The zero-order valence-corrected chi connectivity index (χ0v) is 18.6. The Kier molecular flexibility index (Phi) is 8.35. The smallest absolute Gasteiger partial charge is 0.310 e. The molecule has 1 amide bonds. The topological polar surface area (TPSA) is 114 Å². The number of nitrogens with one attached hydrogen (secondary N) is 1. The van der Waals surface area contributed by atoms with Gasteiger partial charge in [-0.15, -0.1) is 10.2 Å². The van der Waals surface area contributed by atoms with Crippen LogP contribution < -0.4 is 10.3 Å². The van der Waals surface area contributed by atoms with Crippen molar-refractivity contribution in [3.8, 4) is 17.1 Å². The number of benzene rings is 1. The maximum Gasteiger partial charge on any atom is 0.310 e. The van der Waals surface area contributed by atoms with Gasteiger partial charge in [0.05, 0.1) is 19.1 Å². The van der Waals surface area contributed by atoms with Gasteiger partial charge in [0.2, 0.25) is 5.91 Å². The normalized spacial score (nSPS) is 15.9. The fourth-order valence-electron chi connectivity index (χ4n) is 3.65. The van der Waals surface area contributed by atoms with E-state index in [1.807, 2.05) is 25.1 Å². The predicted octanol–water partition coefficient (Wildman–Crippen LogP) is 2.35. The highest BCUT2D eigenvalue weighted by Gasteiger charge is 2.29. The quantitative estimate of drug-likeness (QED) is 0.593. The Labute approximate surface area is 187 Å². The lowest BCUT2D eigenvalue weighted by molar-refractivity contribution is -0.151. The van der Waals surface area contributed by atoms with E-state index in [1.54, 1.807) is 17.9 Å². The van der Waals surface area contributed by atoms with Crippen LogP contribution in [-0.2, 0) is 20.7 Å². The lowest BCUT2D eigenvalue weighted by Gasteiger charge is -2.31. The summed E-state index contributed by atoms with van der Waals surface area (Å²) >= 11 is 0. The third-order valence-corrected chi connectivity index (χ3v) is 5.31. The van der Waals surface area contributed by atoms with Crippen LogP contribution in [0.3, 0.4) is 0 Å². The lowest BCUT2D eigenvalue weighted by atomic mass is 9.98. The van der Waals surface area contributed by atoms with Gasteiger partial charge in [-0.1, -0.05) is 19.1 Å². The van der Waals surface area contributed by atoms with Crippen molar-refractivity contribution in [2.75, 3.05) is 26.3 Å². The lowest BCUT2D eigenvalue weighted by Crippen LogP contribution is -2.43. The summed E-state index contributed by atoms with van der Waals surface area (Å²) < 4.78 is 10.7. The molecule has 1 saturated heterocycles. The van der Waals surface area contributed by atoms with Crippen molar-refractivity contribution < 1.29 is 19.1 Å². The zero-order valence-electron chi connectivity index (χ0n) is 18.6. The average molecular weight is 443 g/mol. The molecule has 1 aliphatic heterocycles. The Balaban J connectivity index is 1.60. The number of rotatable bonds is 9. The first-order valence-corrected chi connectivity index (χ1v) is 11.1. The Bertz CT molecular complexity index is 990. The number of amides is 1. The second kappa shape index (κ2) is 11.4. The monoisotopic (exact) mass is 442 g/mol. The van der Waals surface area contributed by atoms with Crippen molar-refractivity contribution in [2.45, 2.75) is 46.0 Å². The predicted molar refractivity (Wildman–Crippen MR) is 118 cm³/mol. The van der Waals surface area contributed by atoms with Crippen molar-refractivity contribution in [1.29, 1.82) is 0 Å². The van der Waals surface area contributed by atoms with Crippen LogP contribution in [0.4, 0.5) is 0 Å². The van der Waals surface area contributed by atoms with E-state index in [1.165, 1.54) is 0 Å². The van der Waals surface area contributed by atoms with E-state index in [9.17, 15) is 14.4 Å². The molecule has 9 nitrogen and oxygen atoms in total. The van der Waals surface area contributed by atoms with Gasteiger partial charge in [0, 0.05) is 31.5 Å². The van der Waals surface area contributed by atoms with Gasteiger partial charge in [-0.3, -0.25) is 14.4 Å². The number of nitrogens with zero attached hydrogens (tertiary/aromatic N) is 3. The van der Waals surface area contributed by atoms with Crippen molar-refractivity contribution in [2.24, 2.45) is 5.92 Å². The number of hydrogen-bond acceptors (Lipinski definition) is 7. The van der Waals surface area contributed by atoms with Gasteiger partial charge in [-0.2, -0.15) is 0 Å². The van der Waals surface area contributed by atoms with Crippen LogP contribution in [0.1, 0.15) is 45.2 Å². The number of hydrogen-bond donors (Lipinski definition) is 1. The van der Waals surface area contributed by atoms with E-state index in [4.69, 9.17) is 9.47 Å². The van der Waals surface area contributed by atoms with Gasteiger partial charge in [-0.25, -0.2) is 0 Å². The Morgan fingerprint density at radius 3 is 2.84 bits per heavy atom. The van der Waals surface area contributed by atoms with E-state index in [2.05, 4.69) is 15.2 Å². The van der Waals surface area contributed by atoms with Crippen LogP contribution >= 0.6 is 0 Å². The molecule has 2 heterocycles. The molecule has 0 aliphatic carbocycles. The van der Waals surface area contributed by atoms with Gasteiger partial charge in [-0.05, 0) is 38.3 Å². The van der Waals surface area contributed by atoms with E-state index in [0.29, 0.717) is 43.4 Å². The molecule has 0 saturated carbocycles. The van der Waals surface area contributed by atoms with Gasteiger partial charge in [0.1, 0.15) is 11.4 Å². The maximum absolute atomic E-state index is 12.6. The fourth-order valence-corrected chi connectivity index (χ4v) is 3.65. The number of aryl methyl sites for hydroxylation is 1. The molecule has 0 spiro atoms. The van der Waals surface area contributed by atoms with E-state index in [0.717, 1.165) is 19.3 Å². The molecular weight excluding hydrogens is 412 g/mol. The average Bonchev–Trinajstić information content (AvgIpc) is 2.82. The molecule has 1 fully saturated rings. The van der Waals surface area contributed by atoms with Crippen LogP contribution in [0.15, 0.2) is 29.1 Å². The number of carbonyl (C=O) groups is 2. The summed E-state index contributed by atoms with van der Waals surface area (Å²) in [5.41, 5.74) is 0.536. The summed E-state index contributed by atoms with van der Waals surface area (Å²) in [6.45, 7) is 5.69. The number of aromatic amines is 1. The standard InChI is InChI=1S/C23H30N4O5/c1-3-13-32-18-9-5-7-16(14-18)21-24-22(29)19(25-26-21)10-11-20(28)27-12-6-8-17(15-27)23(30)31-4-2/h5,7,9,14,17H,3-4,6,8,10-13,15H2,1-2H3,(H,24,26,29). The van der Waals surface area contributed by atoms with Gasteiger partial charge in [0.25, 0.3) is 5.56 Å². The molecule has 1 N–H and O–H groups in total. The summed E-state index contributed by atoms with van der Waals surface area (Å²) in [6.07, 6.45) is 2.69. The third-order valence-electron chi connectivity index (χ3n) is 5.31. The van der Waals surface area contributed by atoms with E-state index < -0.39 is 0 Å². The minimum Gasteiger partial charge on any atom is -0.494 e. The van der Waals surface area contributed by atoms with Gasteiger partial charge >= 0.3 is 5.97 Å². The van der Waals surface area contributed by atoms with Crippen molar-refractivity contribution in [3.05, 3.63) is 40.3 Å². The molecule has 9 heteroatoms. The summed E-state index contributed by atoms with van der Waals surface area (Å²) in [4.78, 5) is 41.5. The molecule has 0 radical (unpaired) electrons. The van der Waals surface area contributed by atoms with Crippen LogP contribution in [0.25, 0.3) is 11.4 Å². The second-order valence-electron chi connectivity index (χ2n) is 7.76. The second-order valence-corrected chi connectivity index (χ2v) is 7.76. The number of likely N-dealkylation sites (tertiary alicyclic amines) is 1. The highest BCUT2D eigenvalue weighted by atomic mass is 16.5. The molecule has 2 aromatic rings. The Morgan fingerprint density at radius 2 is 2.09 bits per heavy atom. The molecule has 1 aromatic heterocycles. The molecule has 1 aliphatic rings. The van der Waals surface area contributed by atoms with Crippen LogP contribution in [0, 0.1) is 5.92 Å². The summed E-state index contributed by atoms with van der Waals surface area (Å²) in [5, 5.41) is 8.18. The molecule has 1 atom stereocenters. The summed E-state index contributed by atoms with van der Waals surface area (Å²) in [5.74, 6) is 0.397. The number of aromatic nitrogens is 3.